The molecule has 0 aliphatic carbocycles. The largest absolute Gasteiger partial charge is 1.00 e. The molecule has 0 aliphatic rings. The molecular formula is C25H51NaO3S. The van der Waals surface area contributed by atoms with E-state index in [-0.39, 0.29) is 29.6 Å². The predicted molar refractivity (Wildman–Crippen MR) is 126 cm³/mol. The van der Waals surface area contributed by atoms with Gasteiger partial charge in [0.15, 0.2) is 0 Å². The van der Waals surface area contributed by atoms with Gasteiger partial charge in [-0.15, -0.1) is 0 Å². The smallest absolute Gasteiger partial charge is 0.748 e. The van der Waals surface area contributed by atoms with Gasteiger partial charge in [-0.05, 0) is 12.8 Å². The van der Waals surface area contributed by atoms with Crippen LogP contribution in [-0.2, 0) is 10.1 Å². The van der Waals surface area contributed by atoms with E-state index in [2.05, 4.69) is 13.8 Å². The molecule has 0 spiro atoms. The molecule has 0 bridgehead atoms. The quantitative estimate of drug-likeness (QED) is 0.116. The third kappa shape index (κ3) is 23.6. The molecule has 0 fully saturated rings. The van der Waals surface area contributed by atoms with E-state index in [4.69, 9.17) is 0 Å². The van der Waals surface area contributed by atoms with Crippen molar-refractivity contribution in [2.75, 3.05) is 0 Å². The van der Waals surface area contributed by atoms with E-state index >= 15 is 0 Å². The van der Waals surface area contributed by atoms with E-state index in [1.54, 1.807) is 0 Å². The third-order valence-electron chi connectivity index (χ3n) is 6.17. The van der Waals surface area contributed by atoms with Crippen LogP contribution < -0.4 is 29.6 Å². The first kappa shape index (κ1) is 33.1. The molecule has 3 nitrogen and oxygen atoms in total. The Morgan fingerprint density at radius 1 is 0.500 bits per heavy atom. The molecular weight excluding hydrogens is 403 g/mol. The topological polar surface area (TPSA) is 57.2 Å². The fourth-order valence-electron chi connectivity index (χ4n) is 4.15. The molecule has 0 saturated carbocycles. The first-order valence-electron chi connectivity index (χ1n) is 13.0. The summed E-state index contributed by atoms with van der Waals surface area (Å²) < 4.78 is 34.5. The Balaban J connectivity index is 0. The minimum Gasteiger partial charge on any atom is -0.748 e. The van der Waals surface area contributed by atoms with Crippen LogP contribution in [0.5, 0.6) is 0 Å². The number of unbranched alkanes of at least 4 members (excludes halogenated alkanes) is 18. The Hall–Kier alpha value is 0.910. The van der Waals surface area contributed by atoms with Crippen molar-refractivity contribution in [3.63, 3.8) is 0 Å². The zero-order valence-corrected chi connectivity index (χ0v) is 23.6. The van der Waals surface area contributed by atoms with Crippen LogP contribution in [0.2, 0.25) is 0 Å². The van der Waals surface area contributed by atoms with Gasteiger partial charge >= 0.3 is 29.6 Å². The van der Waals surface area contributed by atoms with Gasteiger partial charge in [0.25, 0.3) is 0 Å². The van der Waals surface area contributed by atoms with Gasteiger partial charge in [0.2, 0.25) is 0 Å². The third-order valence-corrected chi connectivity index (χ3v) is 7.46. The summed E-state index contributed by atoms with van der Waals surface area (Å²) in [6, 6.07) is 0. The molecule has 0 amide bonds. The minimum absolute atomic E-state index is 0. The number of hydrogen-bond acceptors (Lipinski definition) is 3. The Labute approximate surface area is 212 Å². The van der Waals surface area contributed by atoms with Crippen molar-refractivity contribution in [1.29, 1.82) is 0 Å². The number of hydrogen-bond donors (Lipinski definition) is 0. The van der Waals surface area contributed by atoms with E-state index in [0.717, 1.165) is 25.7 Å². The minimum atomic E-state index is -4.13. The van der Waals surface area contributed by atoms with Gasteiger partial charge in [0.05, 0.1) is 10.1 Å². The van der Waals surface area contributed by atoms with E-state index in [9.17, 15) is 13.0 Å². The van der Waals surface area contributed by atoms with Crippen LogP contribution in [0.15, 0.2) is 0 Å². The SMILES string of the molecule is CCCCCCCCCCCCCCCCC(CCCCCCCC)S(=O)(=O)[O-].[Na+]. The summed E-state index contributed by atoms with van der Waals surface area (Å²) in [6.45, 7) is 4.46. The van der Waals surface area contributed by atoms with Crippen LogP contribution in [0.1, 0.15) is 155 Å². The molecule has 5 heteroatoms. The van der Waals surface area contributed by atoms with Gasteiger partial charge < -0.3 is 4.55 Å². The summed E-state index contributed by atoms with van der Waals surface area (Å²) in [5, 5.41) is -0.647. The molecule has 0 aromatic carbocycles. The van der Waals surface area contributed by atoms with Crippen molar-refractivity contribution in [3.8, 4) is 0 Å². The normalized spacial score (nSPS) is 12.6. The molecule has 0 saturated heterocycles. The Morgan fingerprint density at radius 3 is 0.967 bits per heavy atom. The maximum atomic E-state index is 11.5. The van der Waals surface area contributed by atoms with Crippen LogP contribution in [-0.4, -0.2) is 18.2 Å². The first-order chi connectivity index (χ1) is 14.0. The molecule has 0 rings (SSSR count). The van der Waals surface area contributed by atoms with E-state index in [1.807, 2.05) is 0 Å². The van der Waals surface area contributed by atoms with Gasteiger partial charge in [-0.1, -0.05) is 142 Å². The van der Waals surface area contributed by atoms with Crippen LogP contribution in [0.4, 0.5) is 0 Å². The van der Waals surface area contributed by atoms with Crippen molar-refractivity contribution in [1.82, 2.24) is 0 Å². The van der Waals surface area contributed by atoms with Gasteiger partial charge in [-0.3, -0.25) is 0 Å². The van der Waals surface area contributed by atoms with Crippen LogP contribution in [0.3, 0.4) is 0 Å². The Morgan fingerprint density at radius 2 is 0.733 bits per heavy atom. The van der Waals surface area contributed by atoms with Crippen molar-refractivity contribution in [3.05, 3.63) is 0 Å². The molecule has 1 unspecified atom stereocenters. The maximum Gasteiger partial charge on any atom is 1.00 e. The van der Waals surface area contributed by atoms with Gasteiger partial charge in [0.1, 0.15) is 0 Å². The van der Waals surface area contributed by atoms with Crippen molar-refractivity contribution in [2.24, 2.45) is 0 Å². The second-order valence-corrected chi connectivity index (χ2v) is 10.7. The zero-order chi connectivity index (χ0) is 21.6. The molecule has 0 aromatic heterocycles. The van der Waals surface area contributed by atoms with Gasteiger partial charge in [-0.2, -0.15) is 0 Å². The average Bonchev–Trinajstić information content (AvgIpc) is 2.68. The Bertz CT molecular complexity index is 426. The van der Waals surface area contributed by atoms with Crippen LogP contribution in [0.25, 0.3) is 0 Å². The molecule has 30 heavy (non-hydrogen) atoms. The summed E-state index contributed by atoms with van der Waals surface area (Å²) >= 11 is 0. The van der Waals surface area contributed by atoms with Crippen molar-refractivity contribution >= 4 is 10.1 Å². The average molecular weight is 455 g/mol. The fraction of sp³-hybridized carbons (Fsp3) is 1.00. The summed E-state index contributed by atoms with van der Waals surface area (Å²) in [6.07, 6.45) is 26.1. The molecule has 0 aromatic rings. The number of rotatable bonds is 23. The summed E-state index contributed by atoms with van der Waals surface area (Å²) in [7, 11) is -4.13. The monoisotopic (exact) mass is 454 g/mol. The molecule has 1 atom stereocenters. The molecule has 0 heterocycles. The van der Waals surface area contributed by atoms with E-state index in [1.165, 1.54) is 103 Å². The van der Waals surface area contributed by atoms with E-state index < -0.39 is 15.4 Å². The van der Waals surface area contributed by atoms with Crippen molar-refractivity contribution < 1.29 is 42.5 Å². The van der Waals surface area contributed by atoms with E-state index in [0.29, 0.717) is 12.8 Å². The predicted octanol–water partition coefficient (Wildman–Crippen LogP) is 5.53. The fourth-order valence-corrected chi connectivity index (χ4v) is 5.06. The maximum absolute atomic E-state index is 11.5. The molecule has 0 radical (unpaired) electrons. The summed E-state index contributed by atoms with van der Waals surface area (Å²) in [5.74, 6) is 0. The summed E-state index contributed by atoms with van der Waals surface area (Å²) in [4.78, 5) is 0. The second kappa shape index (κ2) is 24.6. The first-order valence-corrected chi connectivity index (χ1v) is 14.4. The second-order valence-electron chi connectivity index (χ2n) is 9.06. The zero-order valence-electron chi connectivity index (χ0n) is 20.8. The van der Waals surface area contributed by atoms with Gasteiger partial charge in [-0.25, -0.2) is 8.42 Å². The standard InChI is InChI=1S/C25H52O3S.Na/c1-3-5-7-9-11-12-13-14-15-16-17-18-20-22-24-25(29(26,27)28)23-21-19-10-8-6-4-2;/h25H,3-24H2,1-2H3,(H,26,27,28);/q;+1/p-1. The molecule has 0 N–H and O–H groups in total. The molecule has 0 aliphatic heterocycles. The van der Waals surface area contributed by atoms with Crippen LogP contribution >= 0.6 is 0 Å². The Kier molecular flexibility index (Phi) is 27.1. The summed E-state index contributed by atoms with van der Waals surface area (Å²) in [5.41, 5.74) is 0. The van der Waals surface area contributed by atoms with Gasteiger partial charge in [0, 0.05) is 5.25 Å². The molecule has 176 valence electrons. The van der Waals surface area contributed by atoms with Crippen molar-refractivity contribution in [2.45, 2.75) is 160 Å². The van der Waals surface area contributed by atoms with Crippen LogP contribution in [0, 0.1) is 0 Å².